The first-order valence-corrected chi connectivity index (χ1v) is 7.11. The monoisotopic (exact) mass is 286 g/mol. The van der Waals surface area contributed by atoms with Crippen LogP contribution in [0.5, 0.6) is 0 Å². The van der Waals surface area contributed by atoms with Gasteiger partial charge in [0.25, 0.3) is 11.5 Å². The summed E-state index contributed by atoms with van der Waals surface area (Å²) in [4.78, 5) is 30.8. The molecule has 1 aliphatic heterocycles. The number of hydrogen-bond donors (Lipinski definition) is 2. The molecule has 1 aliphatic rings. The van der Waals surface area contributed by atoms with E-state index in [4.69, 9.17) is 0 Å². The summed E-state index contributed by atoms with van der Waals surface area (Å²) in [6.45, 7) is 3.27. The van der Waals surface area contributed by atoms with Gasteiger partial charge in [0.2, 0.25) is 0 Å². The normalized spacial score (nSPS) is 17.3. The van der Waals surface area contributed by atoms with Gasteiger partial charge in [0.1, 0.15) is 11.4 Å². The van der Waals surface area contributed by atoms with Gasteiger partial charge in [-0.05, 0) is 30.9 Å². The lowest BCUT2D eigenvalue weighted by Crippen LogP contribution is -2.36. The highest BCUT2D eigenvalue weighted by Crippen LogP contribution is 2.18. The third kappa shape index (κ3) is 2.74. The highest BCUT2D eigenvalue weighted by Gasteiger charge is 2.21. The quantitative estimate of drug-likeness (QED) is 0.878. The van der Waals surface area contributed by atoms with Gasteiger partial charge in [0.05, 0.1) is 0 Å². The number of pyridine rings is 1. The third-order valence-corrected chi connectivity index (χ3v) is 4.00. The van der Waals surface area contributed by atoms with Crippen LogP contribution >= 0.6 is 0 Å². The Morgan fingerprint density at radius 1 is 1.57 bits per heavy atom. The Morgan fingerprint density at radius 2 is 2.43 bits per heavy atom. The number of carbonyl (C=O) groups is 1. The molecular weight excluding hydrogens is 268 g/mol. The Morgan fingerprint density at radius 3 is 3.24 bits per heavy atom. The zero-order chi connectivity index (χ0) is 14.8. The van der Waals surface area contributed by atoms with Crippen molar-refractivity contribution < 1.29 is 4.79 Å². The van der Waals surface area contributed by atoms with Crippen molar-refractivity contribution in [2.75, 3.05) is 6.54 Å². The van der Waals surface area contributed by atoms with E-state index in [1.54, 1.807) is 19.2 Å². The number of nitrogens with one attached hydrogen (secondary N) is 2. The number of hydrogen-bond acceptors (Lipinski definition) is 3. The molecule has 0 spiro atoms. The van der Waals surface area contributed by atoms with Gasteiger partial charge in [-0.25, -0.2) is 4.98 Å². The second-order valence-corrected chi connectivity index (χ2v) is 5.47. The Bertz CT molecular complexity index is 716. The first-order chi connectivity index (χ1) is 10.1. The van der Waals surface area contributed by atoms with Crippen LogP contribution in [-0.2, 0) is 13.0 Å². The topological polar surface area (TPSA) is 79.8 Å². The van der Waals surface area contributed by atoms with E-state index < -0.39 is 0 Å². The van der Waals surface area contributed by atoms with E-state index in [1.807, 2.05) is 12.4 Å². The van der Waals surface area contributed by atoms with Crippen LogP contribution in [0.3, 0.4) is 0 Å². The molecule has 6 nitrogen and oxygen atoms in total. The van der Waals surface area contributed by atoms with Crippen LogP contribution in [-0.4, -0.2) is 27.0 Å². The van der Waals surface area contributed by atoms with Gasteiger partial charge in [-0.15, -0.1) is 0 Å². The number of aromatic nitrogens is 3. The number of fused-ring (bicyclic) bond motifs is 1. The number of aryl methyl sites for hydroxylation is 2. The van der Waals surface area contributed by atoms with Gasteiger partial charge in [0.15, 0.2) is 0 Å². The Hall–Kier alpha value is -2.37. The van der Waals surface area contributed by atoms with Crippen LogP contribution in [0.2, 0.25) is 0 Å². The molecule has 3 rings (SSSR count). The zero-order valence-corrected chi connectivity index (χ0v) is 11.9. The molecule has 0 aliphatic carbocycles. The first-order valence-electron chi connectivity index (χ1n) is 7.11. The van der Waals surface area contributed by atoms with Gasteiger partial charge >= 0.3 is 0 Å². The number of aromatic amines is 1. The fraction of sp³-hybridized carbons (Fsp3) is 0.400. The van der Waals surface area contributed by atoms with Crippen molar-refractivity contribution >= 4 is 5.91 Å². The highest BCUT2D eigenvalue weighted by atomic mass is 16.2. The standard InChI is InChI=1S/C15H18N4O2/c1-10-2-4-17-14(20)13(10)15(21)18-9-11-3-6-19-7-5-16-12(19)8-11/h2,4-5,7,11H,3,6,8-9H2,1H3,(H,17,20)(H,18,21)/t11-/m1/s1. The smallest absolute Gasteiger partial charge is 0.261 e. The minimum atomic E-state index is -0.341. The van der Waals surface area contributed by atoms with Crippen LogP contribution in [0, 0.1) is 12.8 Å². The van der Waals surface area contributed by atoms with Crippen LogP contribution in [0.25, 0.3) is 0 Å². The number of amides is 1. The fourth-order valence-electron chi connectivity index (χ4n) is 2.77. The van der Waals surface area contributed by atoms with Crippen molar-refractivity contribution in [3.63, 3.8) is 0 Å². The van der Waals surface area contributed by atoms with Gasteiger partial charge in [-0.1, -0.05) is 0 Å². The molecule has 110 valence electrons. The summed E-state index contributed by atoms with van der Waals surface area (Å²) in [5.41, 5.74) is 0.553. The number of rotatable bonds is 3. The summed E-state index contributed by atoms with van der Waals surface area (Å²) in [6.07, 6.45) is 7.21. The Kier molecular flexibility index (Phi) is 3.60. The van der Waals surface area contributed by atoms with Crippen LogP contribution < -0.4 is 10.9 Å². The summed E-state index contributed by atoms with van der Waals surface area (Å²) in [6, 6.07) is 1.73. The van der Waals surface area contributed by atoms with Gasteiger partial charge in [-0.2, -0.15) is 0 Å². The van der Waals surface area contributed by atoms with E-state index in [9.17, 15) is 9.59 Å². The Labute approximate surface area is 122 Å². The van der Waals surface area contributed by atoms with E-state index in [-0.39, 0.29) is 17.0 Å². The third-order valence-electron chi connectivity index (χ3n) is 4.00. The molecule has 0 radical (unpaired) electrons. The molecule has 0 unspecified atom stereocenters. The van der Waals surface area contributed by atoms with Crippen molar-refractivity contribution in [1.82, 2.24) is 19.9 Å². The molecule has 2 aromatic rings. The van der Waals surface area contributed by atoms with Crippen LogP contribution in [0.4, 0.5) is 0 Å². The average Bonchev–Trinajstić information content (AvgIpc) is 2.92. The van der Waals surface area contributed by atoms with Crippen molar-refractivity contribution in [1.29, 1.82) is 0 Å². The van der Waals surface area contributed by atoms with Crippen molar-refractivity contribution in [3.8, 4) is 0 Å². The maximum absolute atomic E-state index is 12.2. The lowest BCUT2D eigenvalue weighted by Gasteiger charge is -2.23. The average molecular weight is 286 g/mol. The molecule has 2 N–H and O–H groups in total. The van der Waals surface area contributed by atoms with Crippen LogP contribution in [0.15, 0.2) is 29.5 Å². The molecule has 1 amide bonds. The summed E-state index contributed by atoms with van der Waals surface area (Å²) < 4.78 is 2.14. The maximum Gasteiger partial charge on any atom is 0.261 e. The van der Waals surface area contributed by atoms with E-state index in [0.29, 0.717) is 18.0 Å². The van der Waals surface area contributed by atoms with Crippen molar-refractivity contribution in [2.24, 2.45) is 5.92 Å². The maximum atomic E-state index is 12.2. The summed E-state index contributed by atoms with van der Waals surface area (Å²) in [5.74, 6) is 1.13. The second-order valence-electron chi connectivity index (χ2n) is 5.47. The minimum Gasteiger partial charge on any atom is -0.352 e. The predicted molar refractivity (Wildman–Crippen MR) is 78.2 cm³/mol. The van der Waals surface area contributed by atoms with Gasteiger partial charge in [0, 0.05) is 38.1 Å². The van der Waals surface area contributed by atoms with E-state index in [0.717, 1.165) is 25.2 Å². The minimum absolute atomic E-state index is 0.204. The number of carbonyl (C=O) groups excluding carboxylic acids is 1. The fourth-order valence-corrected chi connectivity index (χ4v) is 2.77. The molecule has 0 aromatic carbocycles. The molecular formula is C15H18N4O2. The Balaban J connectivity index is 1.64. The van der Waals surface area contributed by atoms with E-state index >= 15 is 0 Å². The van der Waals surface area contributed by atoms with E-state index in [2.05, 4.69) is 19.9 Å². The SMILES string of the molecule is Cc1cc[nH]c(=O)c1C(=O)NC[C@@H]1CCn2ccnc2C1. The molecule has 0 saturated heterocycles. The van der Waals surface area contributed by atoms with Gasteiger partial charge in [-0.3, -0.25) is 9.59 Å². The lowest BCUT2D eigenvalue weighted by atomic mass is 9.97. The summed E-state index contributed by atoms with van der Waals surface area (Å²) in [5, 5.41) is 2.88. The molecule has 3 heterocycles. The highest BCUT2D eigenvalue weighted by molar-refractivity contribution is 5.95. The van der Waals surface area contributed by atoms with Gasteiger partial charge < -0.3 is 14.9 Å². The van der Waals surface area contributed by atoms with E-state index in [1.165, 1.54) is 0 Å². The molecule has 0 saturated carbocycles. The summed E-state index contributed by atoms with van der Waals surface area (Å²) >= 11 is 0. The van der Waals surface area contributed by atoms with Crippen molar-refractivity contribution in [3.05, 3.63) is 52.0 Å². The number of nitrogens with zero attached hydrogens (tertiary/aromatic N) is 2. The molecule has 21 heavy (non-hydrogen) atoms. The molecule has 1 atom stereocenters. The zero-order valence-electron chi connectivity index (χ0n) is 11.9. The predicted octanol–water partition coefficient (Wildman–Crippen LogP) is 0.872. The molecule has 0 bridgehead atoms. The molecule has 2 aromatic heterocycles. The number of imidazole rings is 1. The second kappa shape index (κ2) is 5.55. The molecule has 0 fully saturated rings. The number of H-pyrrole nitrogens is 1. The summed E-state index contributed by atoms with van der Waals surface area (Å²) in [7, 11) is 0. The van der Waals surface area contributed by atoms with Crippen molar-refractivity contribution in [2.45, 2.75) is 26.3 Å². The lowest BCUT2D eigenvalue weighted by molar-refractivity contribution is 0.0942. The first kappa shape index (κ1) is 13.6. The molecule has 6 heteroatoms. The largest absolute Gasteiger partial charge is 0.352 e. The van der Waals surface area contributed by atoms with Crippen LogP contribution in [0.1, 0.15) is 28.2 Å².